The van der Waals surface area contributed by atoms with Gasteiger partial charge in [-0.25, -0.2) is 4.98 Å². The number of nitrogens with zero attached hydrogens (tertiary/aromatic N) is 3. The molecule has 5 heteroatoms. The third kappa shape index (κ3) is 1.36. The number of hydrogen-bond acceptors (Lipinski definition) is 4. The van der Waals surface area contributed by atoms with Crippen LogP contribution < -0.4 is 5.73 Å². The molecule has 0 aliphatic carbocycles. The zero-order chi connectivity index (χ0) is 12.7. The molecule has 5 nitrogen and oxygen atoms in total. The van der Waals surface area contributed by atoms with E-state index in [4.69, 9.17) is 15.4 Å². The van der Waals surface area contributed by atoms with Gasteiger partial charge in [-0.3, -0.25) is 0 Å². The Morgan fingerprint density at radius 3 is 3.06 bits per heavy atom. The fourth-order valence-electron chi connectivity index (χ4n) is 2.00. The zero-order valence-corrected chi connectivity index (χ0v) is 9.71. The van der Waals surface area contributed by atoms with Crippen LogP contribution >= 0.6 is 0 Å². The molecule has 18 heavy (non-hydrogen) atoms. The molecule has 0 amide bonds. The molecular weight excluding hydrogens is 228 g/mol. The Morgan fingerprint density at radius 1 is 1.44 bits per heavy atom. The lowest BCUT2D eigenvalue weighted by atomic mass is 10.0. The third-order valence-electron chi connectivity index (χ3n) is 2.97. The smallest absolute Gasteiger partial charge is 0.208 e. The SMILES string of the molecule is Cn1cnc2cc(-c3coc(N)c3C#N)ccc21. The molecule has 0 fully saturated rings. The van der Waals surface area contributed by atoms with E-state index in [0.29, 0.717) is 11.1 Å². The van der Waals surface area contributed by atoms with Crippen LogP contribution in [0.3, 0.4) is 0 Å². The summed E-state index contributed by atoms with van der Waals surface area (Å²) in [7, 11) is 1.94. The third-order valence-corrected chi connectivity index (χ3v) is 2.97. The van der Waals surface area contributed by atoms with Gasteiger partial charge in [-0.1, -0.05) is 6.07 Å². The van der Waals surface area contributed by atoms with Crippen LogP contribution in [0.15, 0.2) is 35.2 Å². The molecule has 2 heterocycles. The highest BCUT2D eigenvalue weighted by Gasteiger charge is 2.13. The van der Waals surface area contributed by atoms with Crippen molar-refractivity contribution in [2.24, 2.45) is 7.05 Å². The van der Waals surface area contributed by atoms with Crippen molar-refractivity contribution in [3.8, 4) is 17.2 Å². The van der Waals surface area contributed by atoms with Gasteiger partial charge in [0.15, 0.2) is 0 Å². The average Bonchev–Trinajstić information content (AvgIpc) is 2.93. The molecule has 0 radical (unpaired) electrons. The number of benzene rings is 1. The largest absolute Gasteiger partial charge is 0.447 e. The number of anilines is 1. The molecule has 3 rings (SSSR count). The summed E-state index contributed by atoms with van der Waals surface area (Å²) in [5.74, 6) is 0.147. The molecule has 0 saturated carbocycles. The van der Waals surface area contributed by atoms with E-state index in [1.807, 2.05) is 29.8 Å². The minimum atomic E-state index is 0.147. The van der Waals surface area contributed by atoms with Gasteiger partial charge in [0.1, 0.15) is 17.9 Å². The van der Waals surface area contributed by atoms with Crippen molar-refractivity contribution in [2.45, 2.75) is 0 Å². The fourth-order valence-corrected chi connectivity index (χ4v) is 2.00. The highest BCUT2D eigenvalue weighted by atomic mass is 16.3. The van der Waals surface area contributed by atoms with Crippen molar-refractivity contribution >= 4 is 16.9 Å². The lowest BCUT2D eigenvalue weighted by molar-refractivity contribution is 0.588. The van der Waals surface area contributed by atoms with Crippen LogP contribution in [0, 0.1) is 11.3 Å². The number of imidazole rings is 1. The van der Waals surface area contributed by atoms with Crippen molar-refractivity contribution in [3.63, 3.8) is 0 Å². The van der Waals surface area contributed by atoms with Crippen molar-refractivity contribution in [1.82, 2.24) is 9.55 Å². The Bertz CT molecular complexity index is 776. The van der Waals surface area contributed by atoms with Crippen LogP contribution in [0.5, 0.6) is 0 Å². The Hall–Kier alpha value is -2.74. The monoisotopic (exact) mass is 238 g/mol. The summed E-state index contributed by atoms with van der Waals surface area (Å²) in [6, 6.07) is 7.85. The molecule has 3 aromatic rings. The Morgan fingerprint density at radius 2 is 2.28 bits per heavy atom. The number of nitrogen functional groups attached to an aromatic ring is 1. The predicted molar refractivity (Wildman–Crippen MR) is 67.5 cm³/mol. The van der Waals surface area contributed by atoms with Gasteiger partial charge in [-0.05, 0) is 17.7 Å². The lowest BCUT2D eigenvalue weighted by Gasteiger charge is -1.99. The van der Waals surface area contributed by atoms with Crippen molar-refractivity contribution in [2.75, 3.05) is 5.73 Å². The lowest BCUT2D eigenvalue weighted by Crippen LogP contribution is -1.87. The number of aryl methyl sites for hydroxylation is 1. The summed E-state index contributed by atoms with van der Waals surface area (Å²) in [6.45, 7) is 0. The number of hydrogen-bond donors (Lipinski definition) is 1. The molecule has 88 valence electrons. The summed E-state index contributed by atoms with van der Waals surface area (Å²) in [6.07, 6.45) is 3.25. The maximum Gasteiger partial charge on any atom is 0.208 e. The van der Waals surface area contributed by atoms with Crippen LogP contribution in [0.1, 0.15) is 5.56 Å². The van der Waals surface area contributed by atoms with Crippen molar-refractivity contribution < 1.29 is 4.42 Å². The van der Waals surface area contributed by atoms with Gasteiger partial charge in [0.2, 0.25) is 5.88 Å². The second kappa shape index (κ2) is 3.64. The van der Waals surface area contributed by atoms with Crippen LogP contribution in [0.25, 0.3) is 22.2 Å². The molecule has 0 aliphatic heterocycles. The Balaban J connectivity index is 2.23. The van der Waals surface area contributed by atoms with E-state index in [0.717, 1.165) is 16.6 Å². The van der Waals surface area contributed by atoms with Gasteiger partial charge in [-0.15, -0.1) is 0 Å². The van der Waals surface area contributed by atoms with E-state index >= 15 is 0 Å². The van der Waals surface area contributed by atoms with E-state index in [9.17, 15) is 0 Å². The predicted octanol–water partition coefficient (Wildman–Crippen LogP) is 2.29. The quantitative estimate of drug-likeness (QED) is 0.705. The molecule has 2 aromatic heterocycles. The molecule has 0 unspecified atom stereocenters. The van der Waals surface area contributed by atoms with Gasteiger partial charge in [0.25, 0.3) is 0 Å². The molecule has 1 aromatic carbocycles. The zero-order valence-electron chi connectivity index (χ0n) is 9.71. The van der Waals surface area contributed by atoms with Gasteiger partial charge < -0.3 is 14.7 Å². The maximum absolute atomic E-state index is 9.06. The van der Waals surface area contributed by atoms with Crippen LogP contribution in [0.2, 0.25) is 0 Å². The average molecular weight is 238 g/mol. The molecule has 0 bridgehead atoms. The van der Waals surface area contributed by atoms with Crippen molar-refractivity contribution in [3.05, 3.63) is 36.4 Å². The highest BCUT2D eigenvalue weighted by Crippen LogP contribution is 2.30. The Labute approximate surface area is 103 Å². The van der Waals surface area contributed by atoms with Crippen molar-refractivity contribution in [1.29, 1.82) is 5.26 Å². The summed E-state index contributed by atoms with van der Waals surface area (Å²) in [5.41, 5.74) is 9.44. The van der Waals surface area contributed by atoms with Gasteiger partial charge in [0.05, 0.1) is 17.4 Å². The standard InChI is InChI=1S/C13H10N4O/c1-17-7-16-11-4-8(2-3-12(11)17)10-6-18-13(15)9(10)5-14/h2-4,6-7H,15H2,1H3. The first-order chi connectivity index (χ1) is 8.70. The number of rotatable bonds is 1. The second-order valence-corrected chi connectivity index (χ2v) is 4.06. The summed E-state index contributed by atoms with van der Waals surface area (Å²) in [4.78, 5) is 4.28. The topological polar surface area (TPSA) is 80.8 Å². The first-order valence-electron chi connectivity index (χ1n) is 5.39. The number of aromatic nitrogens is 2. The van der Waals surface area contributed by atoms with Gasteiger partial charge >= 0.3 is 0 Å². The molecule has 0 aliphatic rings. The van der Waals surface area contributed by atoms with E-state index < -0.39 is 0 Å². The van der Waals surface area contributed by atoms with E-state index in [-0.39, 0.29) is 5.88 Å². The van der Waals surface area contributed by atoms with Crippen LogP contribution in [-0.2, 0) is 7.05 Å². The minimum Gasteiger partial charge on any atom is -0.447 e. The minimum absolute atomic E-state index is 0.147. The van der Waals surface area contributed by atoms with Gasteiger partial charge in [-0.2, -0.15) is 5.26 Å². The molecule has 0 spiro atoms. The van der Waals surface area contributed by atoms with E-state index in [1.165, 1.54) is 6.26 Å². The molecule has 2 N–H and O–H groups in total. The fraction of sp³-hybridized carbons (Fsp3) is 0.0769. The number of furan rings is 1. The maximum atomic E-state index is 9.06. The van der Waals surface area contributed by atoms with Crippen LogP contribution in [0.4, 0.5) is 5.88 Å². The summed E-state index contributed by atoms with van der Waals surface area (Å²) in [5, 5.41) is 9.06. The highest BCUT2D eigenvalue weighted by molar-refractivity contribution is 5.84. The van der Waals surface area contributed by atoms with E-state index in [1.54, 1.807) is 6.33 Å². The number of nitrogens with two attached hydrogens (primary N) is 1. The van der Waals surface area contributed by atoms with Crippen LogP contribution in [-0.4, -0.2) is 9.55 Å². The normalized spacial score (nSPS) is 10.7. The number of nitriles is 1. The molecule has 0 atom stereocenters. The molecular formula is C13H10N4O. The van der Waals surface area contributed by atoms with Gasteiger partial charge in [0, 0.05) is 12.6 Å². The summed E-state index contributed by atoms with van der Waals surface area (Å²) < 4.78 is 7.03. The summed E-state index contributed by atoms with van der Waals surface area (Å²) >= 11 is 0. The first-order valence-corrected chi connectivity index (χ1v) is 5.39. The molecule has 0 saturated heterocycles. The second-order valence-electron chi connectivity index (χ2n) is 4.06. The van der Waals surface area contributed by atoms with E-state index in [2.05, 4.69) is 11.1 Å². The number of fused-ring (bicyclic) bond motifs is 1. The Kier molecular flexibility index (Phi) is 2.10. The first kappa shape index (κ1) is 10.4.